The second kappa shape index (κ2) is 14.6. The van der Waals surface area contributed by atoms with Gasteiger partial charge < -0.3 is 14.1 Å². The van der Waals surface area contributed by atoms with E-state index in [9.17, 15) is 0 Å². The maximum absolute atomic E-state index is 6.70. The summed E-state index contributed by atoms with van der Waals surface area (Å²) in [6.45, 7) is 4.48. The molecule has 0 saturated carbocycles. The minimum absolute atomic E-state index is 0.0770. The van der Waals surface area contributed by atoms with Gasteiger partial charge in [0.15, 0.2) is 0 Å². The third-order valence-corrected chi connectivity index (χ3v) is 14.4. The van der Waals surface area contributed by atoms with Crippen molar-refractivity contribution in [3.63, 3.8) is 0 Å². The number of rotatable bonds is 9. The summed E-state index contributed by atoms with van der Waals surface area (Å²) in [4.78, 5) is 5.31. The van der Waals surface area contributed by atoms with Crippen molar-refractivity contribution in [3.05, 3.63) is 175 Å². The SMILES string of the molecule is CCCCc1ccc(N2B3c4sc5ccccc5c4N(c4ccc(CCCC)cc4-c4ccccc4)c4cc5ccccc5c(c43)-c3c2ccc2oc4ccccc4c32)cc1. The van der Waals surface area contributed by atoms with E-state index in [0.29, 0.717) is 0 Å². The summed E-state index contributed by atoms with van der Waals surface area (Å²) in [5.74, 6) is 0. The Labute approximate surface area is 361 Å². The van der Waals surface area contributed by atoms with Gasteiger partial charge in [-0.15, -0.1) is 11.3 Å². The summed E-state index contributed by atoms with van der Waals surface area (Å²) in [7, 11) is 0. The lowest BCUT2D eigenvalue weighted by atomic mass is 9.46. The fraction of sp³-hybridized carbons (Fsp3) is 0.143. The molecule has 12 rings (SSSR count). The lowest BCUT2D eigenvalue weighted by Crippen LogP contribution is -2.60. The number of nitrogens with zero attached hydrogens (tertiary/aromatic N) is 2. The molecule has 5 heteroatoms. The Morgan fingerprint density at radius 2 is 1.25 bits per heavy atom. The molecule has 0 N–H and O–H groups in total. The fourth-order valence-electron chi connectivity index (χ4n) is 10.3. The third kappa shape index (κ3) is 5.63. The number of unbranched alkanes of at least 4 members (excludes halogenated alkanes) is 2. The van der Waals surface area contributed by atoms with Gasteiger partial charge in [-0.1, -0.05) is 136 Å². The molecule has 4 heterocycles. The van der Waals surface area contributed by atoms with Crippen molar-refractivity contribution in [2.75, 3.05) is 9.71 Å². The summed E-state index contributed by atoms with van der Waals surface area (Å²) >= 11 is 1.95. The van der Waals surface area contributed by atoms with Crippen LogP contribution >= 0.6 is 11.3 Å². The normalized spacial score (nSPS) is 13.0. The van der Waals surface area contributed by atoms with Gasteiger partial charge >= 0.3 is 6.85 Å². The predicted molar refractivity (Wildman–Crippen MR) is 263 cm³/mol. The van der Waals surface area contributed by atoms with Crippen molar-refractivity contribution < 1.29 is 4.42 Å². The molecule has 8 aromatic carbocycles. The Morgan fingerprint density at radius 3 is 2.07 bits per heavy atom. The lowest BCUT2D eigenvalue weighted by Gasteiger charge is -2.45. The zero-order valence-electron chi connectivity index (χ0n) is 34.6. The maximum atomic E-state index is 6.70. The van der Waals surface area contributed by atoms with Gasteiger partial charge in [-0.25, -0.2) is 0 Å². The number of hydrogen-bond donors (Lipinski definition) is 0. The van der Waals surface area contributed by atoms with Crippen LogP contribution < -0.4 is 20.0 Å². The molecule has 0 bridgehead atoms. The number of aryl methyl sites for hydroxylation is 2. The van der Waals surface area contributed by atoms with Gasteiger partial charge in [0.25, 0.3) is 0 Å². The standard InChI is InChI=1S/C56H45BN2OS/c1-3-5-16-36-26-29-40(30-27-36)59-46-32-33-49-51(42-22-12-14-24-48(42)60-49)53(46)52-41-21-11-10-20-39(41)35-47-54(52)57(59)56-55(43-23-13-15-25-50(43)61-56)58(47)45-31-28-37(17-6-4-2)34-44(45)38-18-8-7-9-19-38/h7-15,18-35H,3-6,16-17H2,1-2H3. The first-order valence-electron chi connectivity index (χ1n) is 22.1. The largest absolute Gasteiger partial charge is 0.456 e. The van der Waals surface area contributed by atoms with Gasteiger partial charge in [0.05, 0.1) is 11.4 Å². The molecule has 294 valence electrons. The van der Waals surface area contributed by atoms with Gasteiger partial charge in [-0.2, -0.15) is 0 Å². The Morgan fingerprint density at radius 1 is 0.557 bits per heavy atom. The molecule has 0 fully saturated rings. The smallest absolute Gasteiger partial charge is 0.343 e. The molecule has 0 saturated heterocycles. The predicted octanol–water partition coefficient (Wildman–Crippen LogP) is 15.0. The van der Waals surface area contributed by atoms with E-state index < -0.39 is 0 Å². The molecule has 2 aliphatic heterocycles. The van der Waals surface area contributed by atoms with Crippen LogP contribution in [0.15, 0.2) is 168 Å². The van der Waals surface area contributed by atoms with Crippen molar-refractivity contribution >= 4 is 99.7 Å². The van der Waals surface area contributed by atoms with E-state index in [2.05, 4.69) is 187 Å². The zero-order chi connectivity index (χ0) is 40.6. The Balaban J connectivity index is 1.24. The van der Waals surface area contributed by atoms with Gasteiger partial charge in [0.2, 0.25) is 0 Å². The van der Waals surface area contributed by atoms with Gasteiger partial charge in [-0.3, -0.25) is 0 Å². The van der Waals surface area contributed by atoms with E-state index in [1.807, 2.05) is 11.3 Å². The molecule has 0 radical (unpaired) electrons. The van der Waals surface area contributed by atoms with Crippen LogP contribution in [-0.2, 0) is 12.8 Å². The number of hydrogen-bond acceptors (Lipinski definition) is 4. The molecule has 61 heavy (non-hydrogen) atoms. The maximum Gasteiger partial charge on any atom is 0.343 e. The molecule has 2 aromatic heterocycles. The number of para-hydroxylation sites is 1. The van der Waals surface area contributed by atoms with E-state index in [4.69, 9.17) is 4.42 Å². The van der Waals surface area contributed by atoms with Crippen molar-refractivity contribution in [2.24, 2.45) is 0 Å². The van der Waals surface area contributed by atoms with Crippen LogP contribution in [0.25, 0.3) is 65.1 Å². The van der Waals surface area contributed by atoms with Crippen LogP contribution in [0, 0.1) is 0 Å². The van der Waals surface area contributed by atoms with Crippen molar-refractivity contribution in [1.82, 2.24) is 0 Å². The number of furan rings is 1. The van der Waals surface area contributed by atoms with E-state index in [-0.39, 0.29) is 6.85 Å². The molecule has 10 aromatic rings. The van der Waals surface area contributed by atoms with Crippen molar-refractivity contribution in [2.45, 2.75) is 52.4 Å². The van der Waals surface area contributed by atoms with Crippen LogP contribution in [0.2, 0.25) is 0 Å². The monoisotopic (exact) mass is 804 g/mol. The summed E-state index contributed by atoms with van der Waals surface area (Å²) in [6.07, 6.45) is 6.87. The summed E-state index contributed by atoms with van der Waals surface area (Å²) in [5, 5.41) is 6.10. The van der Waals surface area contributed by atoms with Crippen LogP contribution in [-0.4, -0.2) is 6.85 Å². The van der Waals surface area contributed by atoms with Gasteiger partial charge in [0, 0.05) is 53.8 Å². The number of anilines is 5. The quantitative estimate of drug-likeness (QED) is 0.136. The van der Waals surface area contributed by atoms with E-state index >= 15 is 0 Å². The molecular formula is C56H45BN2OS. The minimum Gasteiger partial charge on any atom is -0.456 e. The highest BCUT2D eigenvalue weighted by Crippen LogP contribution is 2.55. The average molecular weight is 805 g/mol. The number of thiophene rings is 1. The topological polar surface area (TPSA) is 19.6 Å². The highest BCUT2D eigenvalue weighted by atomic mass is 32.1. The van der Waals surface area contributed by atoms with Crippen LogP contribution in [0.3, 0.4) is 0 Å². The van der Waals surface area contributed by atoms with Crippen LogP contribution in [0.4, 0.5) is 28.4 Å². The van der Waals surface area contributed by atoms with E-state index in [1.54, 1.807) is 0 Å². The van der Waals surface area contributed by atoms with Crippen LogP contribution in [0.5, 0.6) is 0 Å². The Hall–Kier alpha value is -6.56. The third-order valence-electron chi connectivity index (χ3n) is 13.2. The summed E-state index contributed by atoms with van der Waals surface area (Å²) in [5.41, 5.74) is 17.1. The van der Waals surface area contributed by atoms with Crippen molar-refractivity contribution in [3.8, 4) is 22.3 Å². The first kappa shape index (κ1) is 36.3. The van der Waals surface area contributed by atoms with Crippen LogP contribution in [0.1, 0.15) is 50.7 Å². The fourth-order valence-corrected chi connectivity index (χ4v) is 11.6. The highest BCUT2D eigenvalue weighted by Gasteiger charge is 2.48. The van der Waals surface area contributed by atoms with Gasteiger partial charge in [0.1, 0.15) is 11.2 Å². The molecule has 3 nitrogen and oxygen atoms in total. The second-order valence-corrected chi connectivity index (χ2v) is 17.9. The molecule has 0 unspecified atom stereocenters. The molecule has 0 amide bonds. The minimum atomic E-state index is -0.0770. The molecule has 0 aliphatic carbocycles. The Kier molecular flexibility index (Phi) is 8.67. The first-order valence-corrected chi connectivity index (χ1v) is 22.9. The zero-order valence-corrected chi connectivity index (χ0v) is 35.4. The van der Waals surface area contributed by atoms with Crippen molar-refractivity contribution in [1.29, 1.82) is 0 Å². The number of fused-ring (bicyclic) bond motifs is 12. The molecular weight excluding hydrogens is 760 g/mol. The molecule has 2 aliphatic rings. The molecule has 0 atom stereocenters. The summed E-state index contributed by atoms with van der Waals surface area (Å²) < 4.78 is 9.36. The Bertz CT molecular complexity index is 3310. The van der Waals surface area contributed by atoms with E-state index in [1.165, 1.54) is 124 Å². The second-order valence-electron chi connectivity index (χ2n) is 16.8. The average Bonchev–Trinajstić information content (AvgIpc) is 3.90. The highest BCUT2D eigenvalue weighted by molar-refractivity contribution is 7.32. The number of benzene rings is 8. The first-order chi connectivity index (χ1) is 30.2. The molecule has 0 spiro atoms. The summed E-state index contributed by atoms with van der Waals surface area (Å²) in [6, 6.07) is 61.5. The lowest BCUT2D eigenvalue weighted by molar-refractivity contribution is 0.669. The van der Waals surface area contributed by atoms with Gasteiger partial charge in [-0.05, 0) is 119 Å². The van der Waals surface area contributed by atoms with E-state index in [0.717, 1.165) is 29.4 Å².